The molecule has 0 bridgehead atoms. The molecule has 0 N–H and O–H groups in total. The minimum Gasteiger partial charge on any atom is -0.457 e. The maximum atomic E-state index is 11.0. The lowest BCUT2D eigenvalue weighted by Gasteiger charge is -1.97. The minimum absolute atomic E-state index is 0.0485. The largest absolute Gasteiger partial charge is 0.457 e. The molecule has 0 unspecified atom stereocenters. The molecule has 0 spiro atoms. The van der Waals surface area contributed by atoms with E-state index in [0.717, 1.165) is 0 Å². The Hall–Kier alpha value is -1.62. The lowest BCUT2D eigenvalue weighted by atomic mass is 10.1. The third kappa shape index (κ3) is 1.22. The van der Waals surface area contributed by atoms with Gasteiger partial charge in [-0.25, -0.2) is 4.79 Å². The summed E-state index contributed by atoms with van der Waals surface area (Å²) >= 11 is 5.62. The summed E-state index contributed by atoms with van der Waals surface area (Å²) < 4.78 is 4.69. The van der Waals surface area contributed by atoms with E-state index >= 15 is 0 Å². The van der Waals surface area contributed by atoms with Crippen LogP contribution in [0.4, 0.5) is 5.69 Å². The Kier molecular flexibility index (Phi) is 1.89. The summed E-state index contributed by atoms with van der Waals surface area (Å²) in [6, 6.07) is 2.53. The van der Waals surface area contributed by atoms with Gasteiger partial charge < -0.3 is 4.74 Å². The van der Waals surface area contributed by atoms with Crippen molar-refractivity contribution >= 4 is 23.3 Å². The first-order chi connectivity index (χ1) is 6.59. The molecule has 0 aliphatic carbocycles. The standard InChI is InChI=1S/C8H4ClNO4/c9-6-2-5-4(3-14-8(5)11)1-7(6)10(12)13/h1-2H,3H2. The number of carbonyl (C=O) groups is 1. The SMILES string of the molecule is O=C1OCc2cc([N+](=O)[O-])c(Cl)cc21. The number of ether oxygens (including phenoxy) is 1. The van der Waals surface area contributed by atoms with E-state index in [4.69, 9.17) is 16.3 Å². The molecule has 1 aromatic carbocycles. The molecule has 0 amide bonds. The van der Waals surface area contributed by atoms with Gasteiger partial charge in [-0.1, -0.05) is 11.6 Å². The second-order valence-electron chi connectivity index (χ2n) is 2.79. The Balaban J connectivity index is 2.61. The summed E-state index contributed by atoms with van der Waals surface area (Å²) in [5, 5.41) is 10.4. The number of hydrogen-bond acceptors (Lipinski definition) is 4. The fourth-order valence-electron chi connectivity index (χ4n) is 1.28. The van der Waals surface area contributed by atoms with E-state index in [1.54, 1.807) is 0 Å². The summed E-state index contributed by atoms with van der Waals surface area (Å²) in [6.45, 7) is 0.0756. The van der Waals surface area contributed by atoms with Gasteiger partial charge in [0.25, 0.3) is 5.69 Å². The summed E-state index contributed by atoms with van der Waals surface area (Å²) in [6.07, 6.45) is 0. The first kappa shape index (κ1) is 8.96. The van der Waals surface area contributed by atoms with Crippen LogP contribution in [0.2, 0.25) is 5.02 Å². The highest BCUT2D eigenvalue weighted by atomic mass is 35.5. The minimum atomic E-state index is -0.592. The number of halogens is 1. The summed E-state index contributed by atoms with van der Waals surface area (Å²) in [4.78, 5) is 21.0. The van der Waals surface area contributed by atoms with Gasteiger partial charge >= 0.3 is 5.97 Å². The summed E-state index contributed by atoms with van der Waals surface area (Å²) in [5.41, 5.74) is 0.607. The van der Waals surface area contributed by atoms with E-state index in [2.05, 4.69) is 0 Å². The van der Waals surface area contributed by atoms with Gasteiger partial charge in [0.05, 0.1) is 10.5 Å². The highest BCUT2D eigenvalue weighted by molar-refractivity contribution is 6.33. The van der Waals surface area contributed by atoms with E-state index < -0.39 is 10.9 Å². The monoisotopic (exact) mass is 213 g/mol. The van der Waals surface area contributed by atoms with Gasteiger partial charge in [0.1, 0.15) is 11.6 Å². The van der Waals surface area contributed by atoms with Crippen LogP contribution >= 0.6 is 11.6 Å². The zero-order valence-electron chi connectivity index (χ0n) is 6.82. The van der Waals surface area contributed by atoms with Crippen molar-refractivity contribution < 1.29 is 14.5 Å². The number of nitro groups is 1. The van der Waals surface area contributed by atoms with Gasteiger partial charge in [-0.2, -0.15) is 0 Å². The third-order valence-electron chi connectivity index (χ3n) is 1.95. The summed E-state index contributed by atoms with van der Waals surface area (Å²) in [7, 11) is 0. The Morgan fingerprint density at radius 1 is 1.50 bits per heavy atom. The van der Waals surface area contributed by atoms with Gasteiger partial charge in [-0.15, -0.1) is 0 Å². The average molecular weight is 214 g/mol. The third-order valence-corrected chi connectivity index (χ3v) is 2.25. The van der Waals surface area contributed by atoms with Crippen LogP contribution in [-0.4, -0.2) is 10.9 Å². The fourth-order valence-corrected chi connectivity index (χ4v) is 1.51. The number of hydrogen-bond donors (Lipinski definition) is 0. The van der Waals surface area contributed by atoms with E-state index in [1.807, 2.05) is 0 Å². The highest BCUT2D eigenvalue weighted by Crippen LogP contribution is 2.31. The van der Waals surface area contributed by atoms with Crippen molar-refractivity contribution in [2.45, 2.75) is 6.61 Å². The zero-order valence-corrected chi connectivity index (χ0v) is 7.58. The Morgan fingerprint density at radius 2 is 2.21 bits per heavy atom. The highest BCUT2D eigenvalue weighted by Gasteiger charge is 2.26. The first-order valence-corrected chi connectivity index (χ1v) is 4.11. The van der Waals surface area contributed by atoms with Gasteiger partial charge in [-0.3, -0.25) is 10.1 Å². The van der Waals surface area contributed by atoms with Crippen LogP contribution in [0, 0.1) is 10.1 Å². The lowest BCUT2D eigenvalue weighted by molar-refractivity contribution is -0.384. The number of rotatable bonds is 1. The molecule has 1 aromatic rings. The number of nitrogens with zero attached hydrogens (tertiary/aromatic N) is 1. The molecule has 72 valence electrons. The maximum Gasteiger partial charge on any atom is 0.338 e. The summed E-state index contributed by atoms with van der Waals surface area (Å²) in [5.74, 6) is -0.489. The van der Waals surface area contributed by atoms with E-state index in [1.165, 1.54) is 12.1 Å². The van der Waals surface area contributed by atoms with Crippen molar-refractivity contribution in [3.63, 3.8) is 0 Å². The molecule has 14 heavy (non-hydrogen) atoms. The van der Waals surface area contributed by atoms with Gasteiger partial charge in [-0.05, 0) is 6.07 Å². The molecule has 1 aliphatic heterocycles. The average Bonchev–Trinajstić information content (AvgIpc) is 2.46. The molecule has 0 atom stereocenters. The van der Waals surface area contributed by atoms with E-state index in [0.29, 0.717) is 11.1 Å². The quantitative estimate of drug-likeness (QED) is 0.406. The molecule has 2 rings (SSSR count). The van der Waals surface area contributed by atoms with E-state index in [-0.39, 0.29) is 17.3 Å². The molecule has 1 aliphatic rings. The number of fused-ring (bicyclic) bond motifs is 1. The first-order valence-electron chi connectivity index (χ1n) is 3.73. The Morgan fingerprint density at radius 3 is 2.86 bits per heavy atom. The predicted octanol–water partition coefficient (Wildman–Crippen LogP) is 1.92. The van der Waals surface area contributed by atoms with Crippen LogP contribution in [-0.2, 0) is 11.3 Å². The van der Waals surface area contributed by atoms with Crippen LogP contribution in [0.5, 0.6) is 0 Å². The normalized spacial score (nSPS) is 13.6. The number of esters is 1. The van der Waals surface area contributed by atoms with Crippen LogP contribution in [0.15, 0.2) is 12.1 Å². The topological polar surface area (TPSA) is 69.4 Å². The molecule has 0 fully saturated rings. The van der Waals surface area contributed by atoms with Gasteiger partial charge in [0.2, 0.25) is 0 Å². The van der Waals surface area contributed by atoms with Gasteiger partial charge in [0.15, 0.2) is 0 Å². The molecular formula is C8H4ClNO4. The molecule has 1 heterocycles. The van der Waals surface area contributed by atoms with Crippen LogP contribution < -0.4 is 0 Å². The van der Waals surface area contributed by atoms with Crippen molar-refractivity contribution in [2.75, 3.05) is 0 Å². The van der Waals surface area contributed by atoms with E-state index in [9.17, 15) is 14.9 Å². The maximum absolute atomic E-state index is 11.0. The van der Waals surface area contributed by atoms with Crippen molar-refractivity contribution in [1.82, 2.24) is 0 Å². The predicted molar refractivity (Wildman–Crippen MR) is 47.2 cm³/mol. The second kappa shape index (κ2) is 2.95. The molecule has 0 radical (unpaired) electrons. The number of nitro benzene ring substituents is 1. The Labute approximate surface area is 83.4 Å². The van der Waals surface area contributed by atoms with Crippen molar-refractivity contribution in [1.29, 1.82) is 0 Å². The van der Waals surface area contributed by atoms with Gasteiger partial charge in [0, 0.05) is 11.6 Å². The molecule has 0 aromatic heterocycles. The van der Waals surface area contributed by atoms with Crippen LogP contribution in [0.25, 0.3) is 0 Å². The van der Waals surface area contributed by atoms with Crippen LogP contribution in [0.1, 0.15) is 15.9 Å². The molecule has 5 nitrogen and oxygen atoms in total. The van der Waals surface area contributed by atoms with Crippen molar-refractivity contribution in [3.05, 3.63) is 38.4 Å². The Bertz CT molecular complexity index is 443. The number of benzene rings is 1. The second-order valence-corrected chi connectivity index (χ2v) is 3.20. The van der Waals surface area contributed by atoms with Crippen molar-refractivity contribution in [3.8, 4) is 0 Å². The molecule has 0 saturated carbocycles. The smallest absolute Gasteiger partial charge is 0.338 e. The fraction of sp³-hybridized carbons (Fsp3) is 0.125. The lowest BCUT2D eigenvalue weighted by Crippen LogP contribution is -1.95. The molecule has 6 heteroatoms. The molecular weight excluding hydrogens is 210 g/mol. The zero-order chi connectivity index (χ0) is 10.3. The molecule has 0 saturated heterocycles. The van der Waals surface area contributed by atoms with Crippen molar-refractivity contribution in [2.24, 2.45) is 0 Å². The number of carbonyl (C=O) groups excluding carboxylic acids is 1. The number of cyclic esters (lactones) is 1. The van der Waals surface area contributed by atoms with Crippen LogP contribution in [0.3, 0.4) is 0 Å².